The first-order valence-corrected chi connectivity index (χ1v) is 6.38. The van der Waals surface area contributed by atoms with Gasteiger partial charge < -0.3 is 15.8 Å². The lowest BCUT2D eigenvalue weighted by Gasteiger charge is -2.14. The molecule has 2 rings (SSSR count). The SMILES string of the molecule is COc1ccc(F)cc1CC(=O)NCC1(CN)CC1. The van der Waals surface area contributed by atoms with Gasteiger partial charge in [0.15, 0.2) is 0 Å². The minimum absolute atomic E-state index is 0.0989. The molecule has 3 N–H and O–H groups in total. The maximum Gasteiger partial charge on any atom is 0.224 e. The second-order valence-corrected chi connectivity index (χ2v) is 5.11. The molecule has 1 aromatic rings. The highest BCUT2D eigenvalue weighted by Crippen LogP contribution is 2.43. The standard InChI is InChI=1S/C14H19FN2O2/c1-19-12-3-2-11(15)6-10(12)7-13(18)17-9-14(8-16)4-5-14/h2-3,6H,4-5,7-9,16H2,1H3,(H,17,18). The summed E-state index contributed by atoms with van der Waals surface area (Å²) < 4.78 is 18.3. The van der Waals surface area contributed by atoms with E-state index in [0.717, 1.165) is 12.8 Å². The van der Waals surface area contributed by atoms with E-state index >= 15 is 0 Å². The molecule has 1 fully saturated rings. The molecule has 1 aliphatic carbocycles. The Kier molecular flexibility index (Phi) is 4.04. The average molecular weight is 266 g/mol. The van der Waals surface area contributed by atoms with Crippen LogP contribution < -0.4 is 15.8 Å². The van der Waals surface area contributed by atoms with Crippen LogP contribution in [0.15, 0.2) is 18.2 Å². The van der Waals surface area contributed by atoms with Crippen LogP contribution in [0.3, 0.4) is 0 Å². The molecular formula is C14H19FN2O2. The molecule has 4 nitrogen and oxygen atoms in total. The van der Waals surface area contributed by atoms with Crippen LogP contribution in [-0.4, -0.2) is 26.1 Å². The van der Waals surface area contributed by atoms with Gasteiger partial charge in [0.25, 0.3) is 0 Å². The number of amides is 1. The lowest BCUT2D eigenvalue weighted by Crippen LogP contribution is -2.34. The van der Waals surface area contributed by atoms with Gasteiger partial charge in [0.05, 0.1) is 13.5 Å². The number of halogens is 1. The lowest BCUT2D eigenvalue weighted by atomic mass is 10.1. The van der Waals surface area contributed by atoms with Crippen molar-refractivity contribution >= 4 is 5.91 Å². The van der Waals surface area contributed by atoms with Crippen molar-refractivity contribution in [1.29, 1.82) is 0 Å². The maximum atomic E-state index is 13.2. The van der Waals surface area contributed by atoms with Crippen LogP contribution in [0.25, 0.3) is 0 Å². The second-order valence-electron chi connectivity index (χ2n) is 5.11. The van der Waals surface area contributed by atoms with Crippen LogP contribution in [0.2, 0.25) is 0 Å². The summed E-state index contributed by atoms with van der Waals surface area (Å²) in [6.07, 6.45) is 2.24. The summed E-state index contributed by atoms with van der Waals surface area (Å²) in [7, 11) is 1.50. The van der Waals surface area contributed by atoms with Crippen LogP contribution in [0.4, 0.5) is 4.39 Å². The van der Waals surface area contributed by atoms with Gasteiger partial charge in [0.1, 0.15) is 11.6 Å². The molecule has 1 aromatic carbocycles. The minimum atomic E-state index is -0.371. The normalized spacial score (nSPS) is 15.9. The molecule has 0 atom stereocenters. The molecule has 1 aliphatic rings. The summed E-state index contributed by atoms with van der Waals surface area (Å²) in [6.45, 7) is 1.19. The average Bonchev–Trinajstić information content (AvgIpc) is 3.17. The number of nitrogens with two attached hydrogens (primary N) is 1. The second kappa shape index (κ2) is 5.57. The van der Waals surface area contributed by atoms with Crippen LogP contribution >= 0.6 is 0 Å². The van der Waals surface area contributed by atoms with Crippen molar-refractivity contribution in [2.45, 2.75) is 19.3 Å². The number of hydrogen-bond acceptors (Lipinski definition) is 3. The molecule has 0 aromatic heterocycles. The van der Waals surface area contributed by atoms with E-state index in [1.807, 2.05) is 0 Å². The van der Waals surface area contributed by atoms with Gasteiger partial charge in [-0.15, -0.1) is 0 Å². The molecule has 104 valence electrons. The first-order valence-electron chi connectivity index (χ1n) is 6.38. The molecule has 0 spiro atoms. The molecule has 0 saturated heterocycles. The molecule has 0 bridgehead atoms. The van der Waals surface area contributed by atoms with E-state index in [0.29, 0.717) is 24.4 Å². The Labute approximate surface area is 112 Å². The number of ether oxygens (including phenoxy) is 1. The predicted octanol–water partition coefficient (Wildman–Crippen LogP) is 1.23. The van der Waals surface area contributed by atoms with E-state index in [1.165, 1.54) is 25.3 Å². The van der Waals surface area contributed by atoms with Crippen molar-refractivity contribution in [3.8, 4) is 5.75 Å². The lowest BCUT2D eigenvalue weighted by molar-refractivity contribution is -0.120. The summed E-state index contributed by atoms with van der Waals surface area (Å²) in [5.74, 6) is 0.0179. The summed E-state index contributed by atoms with van der Waals surface area (Å²) in [4.78, 5) is 11.9. The first-order chi connectivity index (χ1) is 9.08. The molecule has 0 aliphatic heterocycles. The fourth-order valence-corrected chi connectivity index (χ4v) is 2.04. The predicted molar refractivity (Wildman–Crippen MR) is 70.4 cm³/mol. The van der Waals surface area contributed by atoms with Crippen molar-refractivity contribution in [2.24, 2.45) is 11.1 Å². The Hall–Kier alpha value is -1.62. The summed E-state index contributed by atoms with van der Waals surface area (Å²) in [5, 5.41) is 2.86. The third kappa shape index (κ3) is 3.44. The van der Waals surface area contributed by atoms with Crippen molar-refractivity contribution in [3.05, 3.63) is 29.6 Å². The fourth-order valence-electron chi connectivity index (χ4n) is 2.04. The van der Waals surface area contributed by atoms with Crippen LogP contribution in [-0.2, 0) is 11.2 Å². The fraction of sp³-hybridized carbons (Fsp3) is 0.500. The van der Waals surface area contributed by atoms with E-state index in [9.17, 15) is 9.18 Å². The smallest absolute Gasteiger partial charge is 0.224 e. The Morgan fingerprint density at radius 2 is 2.26 bits per heavy atom. The molecule has 1 amide bonds. The number of benzene rings is 1. The highest BCUT2D eigenvalue weighted by Gasteiger charge is 2.41. The van der Waals surface area contributed by atoms with Gasteiger partial charge in [0, 0.05) is 12.1 Å². The van der Waals surface area contributed by atoms with Gasteiger partial charge in [-0.25, -0.2) is 4.39 Å². The number of nitrogens with one attached hydrogen (secondary N) is 1. The van der Waals surface area contributed by atoms with Gasteiger partial charge in [0.2, 0.25) is 5.91 Å². The van der Waals surface area contributed by atoms with Crippen molar-refractivity contribution in [2.75, 3.05) is 20.2 Å². The van der Waals surface area contributed by atoms with E-state index in [-0.39, 0.29) is 23.6 Å². The van der Waals surface area contributed by atoms with E-state index in [4.69, 9.17) is 10.5 Å². The van der Waals surface area contributed by atoms with Crippen LogP contribution in [0.1, 0.15) is 18.4 Å². The minimum Gasteiger partial charge on any atom is -0.496 e. The van der Waals surface area contributed by atoms with Crippen LogP contribution in [0, 0.1) is 11.2 Å². The zero-order chi connectivity index (χ0) is 13.9. The van der Waals surface area contributed by atoms with Gasteiger partial charge >= 0.3 is 0 Å². The number of methoxy groups -OCH3 is 1. The van der Waals surface area contributed by atoms with Gasteiger partial charge in [-0.05, 0) is 43.0 Å². The number of hydrogen-bond donors (Lipinski definition) is 2. The third-order valence-corrected chi connectivity index (χ3v) is 3.64. The van der Waals surface area contributed by atoms with E-state index in [1.54, 1.807) is 0 Å². The van der Waals surface area contributed by atoms with Gasteiger partial charge in [-0.3, -0.25) is 4.79 Å². The Balaban J connectivity index is 1.93. The van der Waals surface area contributed by atoms with E-state index < -0.39 is 0 Å². The topological polar surface area (TPSA) is 64.3 Å². The highest BCUT2D eigenvalue weighted by atomic mass is 19.1. The largest absolute Gasteiger partial charge is 0.496 e. The molecule has 5 heteroatoms. The number of carbonyl (C=O) groups excluding carboxylic acids is 1. The highest BCUT2D eigenvalue weighted by molar-refractivity contribution is 5.79. The summed E-state index contributed by atoms with van der Waals surface area (Å²) >= 11 is 0. The Morgan fingerprint density at radius 3 is 2.84 bits per heavy atom. The quantitative estimate of drug-likeness (QED) is 0.814. The third-order valence-electron chi connectivity index (χ3n) is 3.64. The van der Waals surface area contributed by atoms with Gasteiger partial charge in [-0.1, -0.05) is 0 Å². The van der Waals surface area contributed by atoms with E-state index in [2.05, 4.69) is 5.32 Å². The first kappa shape index (κ1) is 13.8. The van der Waals surface area contributed by atoms with Gasteiger partial charge in [-0.2, -0.15) is 0 Å². The van der Waals surface area contributed by atoms with Crippen molar-refractivity contribution in [1.82, 2.24) is 5.32 Å². The maximum absolute atomic E-state index is 13.2. The molecule has 19 heavy (non-hydrogen) atoms. The monoisotopic (exact) mass is 266 g/mol. The number of rotatable bonds is 6. The van der Waals surface area contributed by atoms with Crippen molar-refractivity contribution < 1.29 is 13.9 Å². The number of carbonyl (C=O) groups is 1. The zero-order valence-electron chi connectivity index (χ0n) is 11.0. The van der Waals surface area contributed by atoms with Crippen molar-refractivity contribution in [3.63, 3.8) is 0 Å². The summed E-state index contributed by atoms with van der Waals surface area (Å²) in [5.41, 5.74) is 6.30. The molecule has 0 radical (unpaired) electrons. The molecule has 0 unspecified atom stereocenters. The Bertz CT molecular complexity index is 473. The van der Waals surface area contributed by atoms with Crippen LogP contribution in [0.5, 0.6) is 5.75 Å². The summed E-state index contributed by atoms with van der Waals surface area (Å²) in [6, 6.07) is 4.17. The zero-order valence-corrected chi connectivity index (χ0v) is 11.0. The molecule has 0 heterocycles. The Morgan fingerprint density at radius 1 is 1.53 bits per heavy atom. The molecular weight excluding hydrogens is 247 g/mol. The molecule has 1 saturated carbocycles.